The van der Waals surface area contributed by atoms with Crippen molar-refractivity contribution < 1.29 is 9.53 Å². The molecule has 0 saturated carbocycles. The second kappa shape index (κ2) is 7.25. The summed E-state index contributed by atoms with van der Waals surface area (Å²) in [5.41, 5.74) is 2.40. The lowest BCUT2D eigenvalue weighted by Crippen LogP contribution is -2.46. The summed E-state index contributed by atoms with van der Waals surface area (Å²) < 4.78 is 6.19. The molecule has 2 aliphatic rings. The average Bonchev–Trinajstić information content (AvgIpc) is 2.92. The van der Waals surface area contributed by atoms with Crippen LogP contribution in [-0.4, -0.2) is 24.0 Å². The molecule has 2 aromatic rings. The maximum atomic E-state index is 11.5. The number of hydrogen-bond acceptors (Lipinski definition) is 3. The number of ether oxygens (including phenoxy) is 1. The third-order valence-electron chi connectivity index (χ3n) is 5.60. The Morgan fingerprint density at radius 1 is 1.15 bits per heavy atom. The minimum Gasteiger partial charge on any atom is -0.490 e. The molecule has 0 spiro atoms. The smallest absolute Gasteiger partial charge is 0.205 e. The maximum absolute atomic E-state index is 11.5. The molecule has 0 radical (unpaired) electrons. The van der Waals surface area contributed by atoms with Gasteiger partial charge in [0.15, 0.2) is 5.78 Å². The molecule has 2 heterocycles. The lowest BCUT2D eigenvalue weighted by Gasteiger charge is -2.40. The van der Waals surface area contributed by atoms with E-state index < -0.39 is 0 Å². The molecule has 138 valence electrons. The Hall–Kier alpha value is -2.51. The van der Waals surface area contributed by atoms with Crippen molar-refractivity contribution in [3.8, 4) is 5.75 Å². The Kier molecular flexibility index (Phi) is 4.80. The Morgan fingerprint density at radius 3 is 2.37 bits per heavy atom. The van der Waals surface area contributed by atoms with Crippen molar-refractivity contribution in [2.75, 3.05) is 4.90 Å². The van der Waals surface area contributed by atoms with Gasteiger partial charge < -0.3 is 9.64 Å². The zero-order chi connectivity index (χ0) is 19.0. The van der Waals surface area contributed by atoms with E-state index in [0.29, 0.717) is 22.8 Å². The SMILES string of the molecule is [C-]#[N+]c1ccc(OC2CC3CCC(C2)N3c2ccc(C(C)=O)cc2)cc1Cl. The monoisotopic (exact) mass is 380 g/mol. The number of ketones is 1. The highest BCUT2D eigenvalue weighted by atomic mass is 35.5. The second-order valence-electron chi connectivity index (χ2n) is 7.33. The Labute approximate surface area is 164 Å². The molecule has 2 bridgehead atoms. The Balaban J connectivity index is 1.46. The summed E-state index contributed by atoms with van der Waals surface area (Å²) in [6.45, 7) is 8.68. The predicted octanol–water partition coefficient (Wildman–Crippen LogP) is 5.67. The molecule has 4 nitrogen and oxygen atoms in total. The van der Waals surface area contributed by atoms with E-state index in [1.54, 1.807) is 19.1 Å². The molecule has 2 saturated heterocycles. The van der Waals surface area contributed by atoms with Crippen LogP contribution in [0.5, 0.6) is 5.75 Å². The number of halogens is 1. The van der Waals surface area contributed by atoms with Crippen LogP contribution in [0.25, 0.3) is 4.85 Å². The summed E-state index contributed by atoms with van der Waals surface area (Å²) in [5, 5.41) is 0.438. The van der Waals surface area contributed by atoms with E-state index in [-0.39, 0.29) is 11.9 Å². The Morgan fingerprint density at radius 2 is 1.81 bits per heavy atom. The maximum Gasteiger partial charge on any atom is 0.205 e. The summed E-state index contributed by atoms with van der Waals surface area (Å²) in [6.07, 6.45) is 4.41. The Bertz CT molecular complexity index is 890. The van der Waals surface area contributed by atoms with Crippen LogP contribution in [-0.2, 0) is 0 Å². The van der Waals surface area contributed by atoms with Crippen molar-refractivity contribution >= 4 is 28.8 Å². The van der Waals surface area contributed by atoms with Gasteiger partial charge in [0, 0.05) is 36.2 Å². The van der Waals surface area contributed by atoms with Crippen molar-refractivity contribution in [2.24, 2.45) is 0 Å². The number of Topliss-reactive ketones (excluding diaryl/α,β-unsaturated/α-hetero) is 1. The normalized spacial score (nSPS) is 23.7. The van der Waals surface area contributed by atoms with Crippen LogP contribution in [0.3, 0.4) is 0 Å². The van der Waals surface area contributed by atoms with E-state index in [9.17, 15) is 4.79 Å². The van der Waals surface area contributed by atoms with E-state index in [1.165, 1.54) is 5.69 Å². The van der Waals surface area contributed by atoms with E-state index in [1.807, 2.05) is 18.2 Å². The van der Waals surface area contributed by atoms with Gasteiger partial charge >= 0.3 is 0 Å². The molecule has 4 rings (SSSR count). The first-order chi connectivity index (χ1) is 13.0. The molecule has 2 atom stereocenters. The molecule has 0 aromatic heterocycles. The quantitative estimate of drug-likeness (QED) is 0.506. The molecule has 0 amide bonds. The van der Waals surface area contributed by atoms with Crippen LogP contribution >= 0.6 is 11.6 Å². The van der Waals surface area contributed by atoms with E-state index in [2.05, 4.69) is 21.9 Å². The topological polar surface area (TPSA) is 33.9 Å². The van der Waals surface area contributed by atoms with E-state index in [4.69, 9.17) is 22.9 Å². The van der Waals surface area contributed by atoms with Crippen molar-refractivity contribution in [2.45, 2.75) is 50.8 Å². The highest BCUT2D eigenvalue weighted by molar-refractivity contribution is 6.33. The van der Waals surface area contributed by atoms with Gasteiger partial charge in [-0.2, -0.15) is 0 Å². The van der Waals surface area contributed by atoms with Gasteiger partial charge in [-0.1, -0.05) is 17.7 Å². The minimum atomic E-state index is 0.0968. The molecule has 2 fully saturated rings. The van der Waals surface area contributed by atoms with E-state index >= 15 is 0 Å². The summed E-state index contributed by atoms with van der Waals surface area (Å²) in [6, 6.07) is 14.1. The second-order valence-corrected chi connectivity index (χ2v) is 7.74. The van der Waals surface area contributed by atoms with Crippen LogP contribution in [0.4, 0.5) is 11.4 Å². The molecular weight excluding hydrogens is 360 g/mol. The van der Waals surface area contributed by atoms with Crippen molar-refractivity contribution in [1.29, 1.82) is 0 Å². The van der Waals surface area contributed by atoms with Gasteiger partial charge in [0.1, 0.15) is 11.9 Å². The van der Waals surface area contributed by atoms with Crippen molar-refractivity contribution in [1.82, 2.24) is 0 Å². The van der Waals surface area contributed by atoms with Gasteiger partial charge in [-0.05, 0) is 56.2 Å². The highest BCUT2D eigenvalue weighted by Gasteiger charge is 2.41. The van der Waals surface area contributed by atoms with Gasteiger partial charge in [-0.3, -0.25) is 4.79 Å². The number of benzene rings is 2. The first-order valence-corrected chi connectivity index (χ1v) is 9.66. The molecule has 2 aromatic carbocycles. The largest absolute Gasteiger partial charge is 0.490 e. The average molecular weight is 381 g/mol. The van der Waals surface area contributed by atoms with Gasteiger partial charge in [0.25, 0.3) is 0 Å². The van der Waals surface area contributed by atoms with Crippen LogP contribution in [0.2, 0.25) is 5.02 Å². The van der Waals surface area contributed by atoms with Crippen LogP contribution in [0.15, 0.2) is 42.5 Å². The minimum absolute atomic E-state index is 0.0968. The van der Waals surface area contributed by atoms with Gasteiger partial charge in [0.2, 0.25) is 5.69 Å². The zero-order valence-corrected chi connectivity index (χ0v) is 15.9. The molecule has 2 aliphatic heterocycles. The third-order valence-corrected chi connectivity index (χ3v) is 5.91. The van der Waals surface area contributed by atoms with Gasteiger partial charge in [-0.15, -0.1) is 0 Å². The molecule has 0 aliphatic carbocycles. The van der Waals surface area contributed by atoms with Crippen molar-refractivity contribution in [3.05, 3.63) is 64.5 Å². The fourth-order valence-electron chi connectivity index (χ4n) is 4.36. The lowest BCUT2D eigenvalue weighted by molar-refractivity contribution is 0.101. The third kappa shape index (κ3) is 3.52. The molecule has 0 N–H and O–H groups in total. The standard InChI is InChI=1S/C22H21ClN2O2/c1-14(26)15-3-5-16(6-4-15)25-17-7-8-18(25)12-20(11-17)27-19-9-10-22(24-2)21(23)13-19/h3-6,9-10,13,17-18,20H,7-8,11-12H2,1H3. The summed E-state index contributed by atoms with van der Waals surface area (Å²) in [5.74, 6) is 0.829. The number of carbonyl (C=O) groups excluding carboxylic acids is 1. The molecule has 5 heteroatoms. The molecule has 27 heavy (non-hydrogen) atoms. The molecule has 2 unspecified atom stereocenters. The van der Waals surface area contributed by atoms with Crippen molar-refractivity contribution in [3.63, 3.8) is 0 Å². The van der Waals surface area contributed by atoms with Gasteiger partial charge in [-0.25, -0.2) is 4.85 Å². The highest BCUT2D eigenvalue weighted by Crippen LogP contribution is 2.41. The molecular formula is C22H21ClN2O2. The van der Waals surface area contributed by atoms with Crippen LogP contribution in [0.1, 0.15) is 43.0 Å². The number of nitrogens with zero attached hydrogens (tertiary/aromatic N) is 2. The summed E-state index contributed by atoms with van der Waals surface area (Å²) >= 11 is 6.13. The number of piperidine rings is 1. The zero-order valence-electron chi connectivity index (χ0n) is 15.2. The predicted molar refractivity (Wildman–Crippen MR) is 107 cm³/mol. The number of anilines is 1. The fourth-order valence-corrected chi connectivity index (χ4v) is 4.57. The van der Waals surface area contributed by atoms with Crippen LogP contribution < -0.4 is 9.64 Å². The summed E-state index contributed by atoms with van der Waals surface area (Å²) in [4.78, 5) is 17.4. The number of fused-ring (bicyclic) bond motifs is 2. The summed E-state index contributed by atoms with van der Waals surface area (Å²) in [7, 11) is 0. The number of rotatable bonds is 4. The first kappa shape index (κ1) is 17.9. The van der Waals surface area contributed by atoms with Gasteiger partial charge in [0.05, 0.1) is 11.6 Å². The lowest BCUT2D eigenvalue weighted by atomic mass is 9.98. The van der Waals surface area contributed by atoms with E-state index in [0.717, 1.165) is 37.0 Å². The number of carbonyl (C=O) groups is 1. The fraction of sp³-hybridized carbons (Fsp3) is 0.364. The first-order valence-electron chi connectivity index (χ1n) is 9.28. The van der Waals surface area contributed by atoms with Crippen LogP contribution in [0, 0.1) is 6.57 Å². The number of hydrogen-bond donors (Lipinski definition) is 0.